The van der Waals surface area contributed by atoms with Gasteiger partial charge in [-0.2, -0.15) is 0 Å². The highest BCUT2D eigenvalue weighted by Gasteiger charge is 1.97. The minimum absolute atomic E-state index is 0.0396. The first-order chi connectivity index (χ1) is 6.76. The molecule has 1 aromatic rings. The summed E-state index contributed by atoms with van der Waals surface area (Å²) >= 11 is 1.45. The van der Waals surface area contributed by atoms with Crippen molar-refractivity contribution in [1.82, 2.24) is 0 Å². The topological polar surface area (TPSA) is 46.5 Å². The fourth-order valence-corrected chi connectivity index (χ4v) is 1.69. The van der Waals surface area contributed by atoms with Crippen molar-refractivity contribution in [2.45, 2.75) is 13.5 Å². The van der Waals surface area contributed by atoms with Crippen LogP contribution in [0.3, 0.4) is 0 Å². The number of esters is 1. The third-order valence-electron chi connectivity index (χ3n) is 1.51. The van der Waals surface area contributed by atoms with E-state index in [1.807, 2.05) is 12.1 Å². The maximum absolute atomic E-state index is 10.9. The second kappa shape index (κ2) is 5.57. The van der Waals surface area contributed by atoms with Crippen LogP contribution < -0.4 is 0 Å². The highest BCUT2D eigenvalue weighted by atomic mass is 32.1. The Hall–Kier alpha value is -1.13. The van der Waals surface area contributed by atoms with E-state index in [4.69, 9.17) is 9.84 Å². The quantitative estimate of drug-likeness (QED) is 0.611. The molecule has 0 aromatic carbocycles. The summed E-state index contributed by atoms with van der Waals surface area (Å²) in [5, 5.41) is 8.81. The summed E-state index contributed by atoms with van der Waals surface area (Å²) in [5.41, 5.74) is 0. The van der Waals surface area contributed by atoms with Crippen LogP contribution in [0, 0.1) is 0 Å². The molecule has 0 aliphatic rings. The molecule has 1 aromatic heterocycles. The number of carbonyl (C=O) groups excluding carboxylic acids is 1. The maximum atomic E-state index is 10.9. The molecule has 0 bridgehead atoms. The van der Waals surface area contributed by atoms with Crippen LogP contribution >= 0.6 is 11.3 Å². The molecule has 0 atom stereocenters. The number of rotatable bonds is 4. The Morgan fingerprint density at radius 2 is 2.43 bits per heavy atom. The molecule has 1 N–H and O–H groups in total. The lowest BCUT2D eigenvalue weighted by Gasteiger charge is -1.93. The van der Waals surface area contributed by atoms with Crippen LogP contribution in [-0.2, 0) is 16.1 Å². The Morgan fingerprint density at radius 3 is 3.00 bits per heavy atom. The molecule has 0 fully saturated rings. The lowest BCUT2D eigenvalue weighted by Crippen LogP contribution is -1.98. The van der Waals surface area contributed by atoms with Crippen LogP contribution in [0.2, 0.25) is 0 Å². The van der Waals surface area contributed by atoms with Gasteiger partial charge in [0.2, 0.25) is 0 Å². The number of aliphatic hydroxyl groups is 1. The second-order valence-electron chi connectivity index (χ2n) is 2.55. The predicted molar refractivity (Wildman–Crippen MR) is 55.9 cm³/mol. The van der Waals surface area contributed by atoms with E-state index in [1.54, 1.807) is 13.0 Å². The molecule has 76 valence electrons. The van der Waals surface area contributed by atoms with Gasteiger partial charge in [-0.1, -0.05) is 0 Å². The smallest absolute Gasteiger partial charge is 0.330 e. The molecule has 4 heteroatoms. The summed E-state index contributed by atoms with van der Waals surface area (Å²) in [7, 11) is 0. The fraction of sp³-hybridized carbons (Fsp3) is 0.300. The van der Waals surface area contributed by atoms with Crippen molar-refractivity contribution in [3.63, 3.8) is 0 Å². The molecule has 1 heterocycles. The van der Waals surface area contributed by atoms with Crippen LogP contribution in [0.25, 0.3) is 6.08 Å². The minimum atomic E-state index is -0.341. The zero-order valence-electron chi connectivity index (χ0n) is 7.90. The van der Waals surface area contributed by atoms with Gasteiger partial charge in [0.1, 0.15) is 0 Å². The third kappa shape index (κ3) is 3.32. The van der Waals surface area contributed by atoms with Gasteiger partial charge < -0.3 is 9.84 Å². The normalized spacial score (nSPS) is 10.7. The highest BCUT2D eigenvalue weighted by Crippen LogP contribution is 2.17. The van der Waals surface area contributed by atoms with E-state index in [0.717, 1.165) is 9.75 Å². The van der Waals surface area contributed by atoms with Gasteiger partial charge in [0.05, 0.1) is 13.2 Å². The second-order valence-corrected chi connectivity index (χ2v) is 3.75. The summed E-state index contributed by atoms with van der Waals surface area (Å²) < 4.78 is 4.73. The van der Waals surface area contributed by atoms with Gasteiger partial charge >= 0.3 is 5.97 Å². The molecule has 0 amide bonds. The number of hydrogen-bond donors (Lipinski definition) is 1. The van der Waals surface area contributed by atoms with Gasteiger partial charge in [0.25, 0.3) is 0 Å². The molecule has 0 unspecified atom stereocenters. The largest absolute Gasteiger partial charge is 0.463 e. The molecular formula is C10H12O3S. The van der Waals surface area contributed by atoms with Crippen molar-refractivity contribution in [3.8, 4) is 0 Å². The van der Waals surface area contributed by atoms with E-state index >= 15 is 0 Å². The standard InChI is InChI=1S/C10H12O3S/c1-2-13-10(12)6-5-8-3-4-9(7-11)14-8/h3-6,11H,2,7H2,1H3. The van der Waals surface area contributed by atoms with Crippen molar-refractivity contribution >= 4 is 23.4 Å². The number of ether oxygens (including phenoxy) is 1. The molecule has 3 nitrogen and oxygen atoms in total. The molecule has 0 spiro atoms. The predicted octanol–water partition coefficient (Wildman–Crippen LogP) is 1.82. The van der Waals surface area contributed by atoms with Crippen molar-refractivity contribution in [1.29, 1.82) is 0 Å². The number of aliphatic hydroxyl groups excluding tert-OH is 1. The van der Waals surface area contributed by atoms with Crippen molar-refractivity contribution < 1.29 is 14.6 Å². The van der Waals surface area contributed by atoms with Gasteiger partial charge in [-0.15, -0.1) is 11.3 Å². The average molecular weight is 212 g/mol. The maximum Gasteiger partial charge on any atom is 0.330 e. The minimum Gasteiger partial charge on any atom is -0.463 e. The molecule has 0 aliphatic carbocycles. The van der Waals surface area contributed by atoms with Crippen LogP contribution in [0.15, 0.2) is 18.2 Å². The summed E-state index contributed by atoms with van der Waals surface area (Å²) in [6.07, 6.45) is 3.07. The van der Waals surface area contributed by atoms with Crippen LogP contribution in [0.5, 0.6) is 0 Å². The zero-order chi connectivity index (χ0) is 10.4. The number of hydrogen-bond acceptors (Lipinski definition) is 4. The average Bonchev–Trinajstić information content (AvgIpc) is 2.63. The van der Waals surface area contributed by atoms with Crippen LogP contribution in [0.4, 0.5) is 0 Å². The summed E-state index contributed by atoms with van der Waals surface area (Å²) in [5.74, 6) is -0.341. The Morgan fingerprint density at radius 1 is 1.64 bits per heavy atom. The fourth-order valence-electron chi connectivity index (χ4n) is 0.910. The molecule has 0 radical (unpaired) electrons. The van der Waals surface area contributed by atoms with E-state index in [0.29, 0.717) is 6.61 Å². The van der Waals surface area contributed by atoms with Gasteiger partial charge in [0.15, 0.2) is 0 Å². The first-order valence-corrected chi connectivity index (χ1v) is 5.12. The van der Waals surface area contributed by atoms with Gasteiger partial charge in [0, 0.05) is 15.8 Å². The SMILES string of the molecule is CCOC(=O)C=Cc1ccc(CO)s1. The lowest BCUT2D eigenvalue weighted by molar-refractivity contribution is -0.137. The van der Waals surface area contributed by atoms with E-state index in [9.17, 15) is 4.79 Å². The first kappa shape index (κ1) is 10.9. The number of thiophene rings is 1. The van der Waals surface area contributed by atoms with Crippen LogP contribution in [-0.4, -0.2) is 17.7 Å². The highest BCUT2D eigenvalue weighted by molar-refractivity contribution is 7.12. The summed E-state index contributed by atoms with van der Waals surface area (Å²) in [6.45, 7) is 2.19. The lowest BCUT2D eigenvalue weighted by atomic mass is 10.4. The van der Waals surface area contributed by atoms with E-state index in [-0.39, 0.29) is 12.6 Å². The molecule has 0 saturated heterocycles. The zero-order valence-corrected chi connectivity index (χ0v) is 8.71. The summed E-state index contributed by atoms with van der Waals surface area (Å²) in [4.78, 5) is 12.8. The Labute approximate surface area is 86.6 Å². The first-order valence-electron chi connectivity index (χ1n) is 4.30. The summed E-state index contributed by atoms with van der Waals surface area (Å²) in [6, 6.07) is 3.68. The van der Waals surface area contributed by atoms with Crippen molar-refractivity contribution in [2.75, 3.05) is 6.61 Å². The Balaban J connectivity index is 2.55. The Kier molecular flexibility index (Phi) is 4.35. The van der Waals surface area contributed by atoms with Crippen molar-refractivity contribution in [2.24, 2.45) is 0 Å². The Bertz CT molecular complexity index is 328. The van der Waals surface area contributed by atoms with E-state index < -0.39 is 0 Å². The number of carbonyl (C=O) groups is 1. The van der Waals surface area contributed by atoms with E-state index in [2.05, 4.69) is 0 Å². The van der Waals surface area contributed by atoms with E-state index in [1.165, 1.54) is 17.4 Å². The monoisotopic (exact) mass is 212 g/mol. The van der Waals surface area contributed by atoms with Gasteiger partial charge in [-0.25, -0.2) is 4.79 Å². The van der Waals surface area contributed by atoms with Crippen molar-refractivity contribution in [3.05, 3.63) is 28.0 Å². The molecule has 14 heavy (non-hydrogen) atoms. The third-order valence-corrected chi connectivity index (χ3v) is 2.54. The molecule has 1 rings (SSSR count). The molecule has 0 aliphatic heterocycles. The molecule has 0 saturated carbocycles. The van der Waals surface area contributed by atoms with Crippen LogP contribution in [0.1, 0.15) is 16.7 Å². The van der Waals surface area contributed by atoms with Gasteiger partial charge in [-0.05, 0) is 25.1 Å². The van der Waals surface area contributed by atoms with Gasteiger partial charge in [-0.3, -0.25) is 0 Å². The molecular weight excluding hydrogens is 200 g/mol.